The van der Waals surface area contributed by atoms with Crippen molar-refractivity contribution >= 4 is 11.6 Å². The smallest absolute Gasteiger partial charge is 0.398 e. The molecule has 0 saturated carbocycles. The molecular weight excluding hydrogens is 285 g/mol. The molecule has 0 bridgehead atoms. The minimum atomic E-state index is -4.45. The van der Waals surface area contributed by atoms with Gasteiger partial charge in [0.25, 0.3) is 5.91 Å². The largest absolute Gasteiger partial charge is 0.405 e. The van der Waals surface area contributed by atoms with Crippen molar-refractivity contribution < 1.29 is 18.0 Å². The maximum atomic E-state index is 12.0. The maximum Gasteiger partial charge on any atom is 0.405 e. The van der Waals surface area contributed by atoms with Crippen LogP contribution in [-0.4, -0.2) is 18.6 Å². The van der Waals surface area contributed by atoms with E-state index in [9.17, 15) is 18.0 Å². The summed E-state index contributed by atoms with van der Waals surface area (Å²) in [5.74, 6) is -0.728. The highest BCUT2D eigenvalue weighted by Gasteiger charge is 2.27. The zero-order chi connectivity index (χ0) is 16.0. The van der Waals surface area contributed by atoms with Gasteiger partial charge in [0.1, 0.15) is 6.54 Å². The van der Waals surface area contributed by atoms with Gasteiger partial charge in [-0.1, -0.05) is 12.1 Å². The van der Waals surface area contributed by atoms with Crippen LogP contribution in [-0.2, 0) is 0 Å². The van der Waals surface area contributed by atoms with Gasteiger partial charge in [-0.2, -0.15) is 13.2 Å². The Labute approximate surface area is 119 Å². The Morgan fingerprint density at radius 3 is 2.05 bits per heavy atom. The first-order valence-corrected chi connectivity index (χ1v) is 5.83. The molecule has 5 nitrogen and oxygen atoms in total. The zero-order valence-corrected chi connectivity index (χ0v) is 10.9. The summed E-state index contributed by atoms with van der Waals surface area (Å²) in [4.78, 5) is 11.5. The SMILES string of the molecule is NC(N)=C/C=C(\N)c1ccc(C(=O)NCC(F)(F)F)cc1. The molecular formula is C13H15F3N4O. The molecule has 0 heterocycles. The highest BCUT2D eigenvalue weighted by molar-refractivity contribution is 5.94. The fourth-order valence-corrected chi connectivity index (χ4v) is 1.38. The second kappa shape index (κ2) is 6.69. The van der Waals surface area contributed by atoms with Crippen LogP contribution in [0, 0.1) is 0 Å². The average Bonchev–Trinajstić information content (AvgIpc) is 2.41. The van der Waals surface area contributed by atoms with E-state index in [0.717, 1.165) is 0 Å². The summed E-state index contributed by atoms with van der Waals surface area (Å²) in [6, 6.07) is 5.76. The molecule has 0 saturated heterocycles. The number of hydrogen-bond acceptors (Lipinski definition) is 4. The number of carbonyl (C=O) groups excluding carboxylic acids is 1. The van der Waals surface area contributed by atoms with E-state index in [1.54, 1.807) is 5.32 Å². The van der Waals surface area contributed by atoms with Gasteiger partial charge in [-0.25, -0.2) is 0 Å². The van der Waals surface area contributed by atoms with Crippen molar-refractivity contribution in [1.29, 1.82) is 0 Å². The van der Waals surface area contributed by atoms with Crippen LogP contribution in [0.4, 0.5) is 13.2 Å². The van der Waals surface area contributed by atoms with Gasteiger partial charge in [-0.3, -0.25) is 4.79 Å². The van der Waals surface area contributed by atoms with Crippen LogP contribution in [0.1, 0.15) is 15.9 Å². The fourth-order valence-electron chi connectivity index (χ4n) is 1.38. The monoisotopic (exact) mass is 300 g/mol. The highest BCUT2D eigenvalue weighted by Crippen LogP contribution is 2.14. The topological polar surface area (TPSA) is 107 Å². The Hall–Kier alpha value is -2.64. The molecule has 1 rings (SSSR count). The number of nitrogens with one attached hydrogen (secondary N) is 1. The predicted octanol–water partition coefficient (Wildman–Crippen LogP) is 1.04. The summed E-state index contributed by atoms with van der Waals surface area (Å²) < 4.78 is 36.0. The molecule has 114 valence electrons. The average molecular weight is 300 g/mol. The molecule has 0 spiro atoms. The third kappa shape index (κ3) is 5.89. The number of halogens is 3. The minimum absolute atomic E-state index is 0.0844. The molecule has 0 aliphatic rings. The third-order valence-corrected chi connectivity index (χ3v) is 2.39. The lowest BCUT2D eigenvalue weighted by Crippen LogP contribution is -2.33. The Kier molecular flexibility index (Phi) is 5.23. The number of alkyl halides is 3. The first kappa shape index (κ1) is 16.4. The molecule has 0 radical (unpaired) electrons. The number of hydrogen-bond donors (Lipinski definition) is 4. The van der Waals surface area contributed by atoms with Crippen LogP contribution < -0.4 is 22.5 Å². The molecule has 0 unspecified atom stereocenters. The van der Waals surface area contributed by atoms with Crippen molar-refractivity contribution in [3.63, 3.8) is 0 Å². The molecule has 1 amide bonds. The second-order valence-corrected chi connectivity index (χ2v) is 4.16. The molecule has 0 aromatic heterocycles. The van der Waals surface area contributed by atoms with E-state index in [4.69, 9.17) is 17.2 Å². The molecule has 0 atom stereocenters. The quantitative estimate of drug-likeness (QED) is 0.623. The van der Waals surface area contributed by atoms with E-state index in [2.05, 4.69) is 0 Å². The number of nitrogens with two attached hydrogens (primary N) is 3. The number of rotatable bonds is 4. The summed E-state index contributed by atoms with van der Waals surface area (Å²) in [7, 11) is 0. The van der Waals surface area contributed by atoms with E-state index < -0.39 is 18.6 Å². The van der Waals surface area contributed by atoms with Crippen molar-refractivity contribution in [2.75, 3.05) is 6.54 Å². The Morgan fingerprint density at radius 1 is 1.05 bits per heavy atom. The number of amides is 1. The molecule has 1 aromatic rings. The lowest BCUT2D eigenvalue weighted by molar-refractivity contribution is -0.123. The van der Waals surface area contributed by atoms with Crippen molar-refractivity contribution in [3.8, 4) is 0 Å². The predicted molar refractivity (Wildman–Crippen MR) is 73.5 cm³/mol. The van der Waals surface area contributed by atoms with Crippen molar-refractivity contribution in [2.24, 2.45) is 17.2 Å². The molecule has 0 aliphatic carbocycles. The summed E-state index contributed by atoms with van der Waals surface area (Å²) in [6.45, 7) is -1.38. The summed E-state index contributed by atoms with van der Waals surface area (Å²) >= 11 is 0. The Bertz CT molecular complexity index is 558. The molecule has 0 aliphatic heterocycles. The van der Waals surface area contributed by atoms with Crippen LogP contribution in [0.2, 0.25) is 0 Å². The zero-order valence-electron chi connectivity index (χ0n) is 10.9. The van der Waals surface area contributed by atoms with Gasteiger partial charge < -0.3 is 22.5 Å². The van der Waals surface area contributed by atoms with Crippen LogP contribution in [0.25, 0.3) is 5.70 Å². The van der Waals surface area contributed by atoms with Crippen molar-refractivity contribution in [3.05, 3.63) is 53.4 Å². The standard InChI is InChI=1S/C13H15F3N4O/c14-13(15,16)7-20-12(21)9-3-1-8(2-4-9)10(17)5-6-11(18)19/h1-6H,7,17-19H2,(H,20,21)/b10-5-. The maximum absolute atomic E-state index is 12.0. The number of benzene rings is 1. The summed E-state index contributed by atoms with van der Waals surface area (Å²) in [5, 5.41) is 1.78. The molecule has 7 N–H and O–H groups in total. The van der Waals surface area contributed by atoms with Crippen molar-refractivity contribution in [1.82, 2.24) is 5.32 Å². The molecule has 0 fully saturated rings. The van der Waals surface area contributed by atoms with Crippen LogP contribution in [0.15, 0.2) is 42.2 Å². The molecule has 21 heavy (non-hydrogen) atoms. The molecule has 1 aromatic carbocycles. The van der Waals surface area contributed by atoms with Gasteiger partial charge in [0, 0.05) is 11.3 Å². The minimum Gasteiger partial charge on any atom is -0.398 e. The van der Waals surface area contributed by atoms with Gasteiger partial charge in [0.15, 0.2) is 0 Å². The van der Waals surface area contributed by atoms with E-state index in [0.29, 0.717) is 11.3 Å². The fraction of sp³-hybridized carbons (Fsp3) is 0.154. The van der Waals surface area contributed by atoms with Gasteiger partial charge in [-0.15, -0.1) is 0 Å². The lowest BCUT2D eigenvalue weighted by atomic mass is 10.1. The number of carbonyl (C=O) groups is 1. The van der Waals surface area contributed by atoms with E-state index in [1.807, 2.05) is 0 Å². The normalized spacial score (nSPS) is 11.9. The first-order valence-electron chi connectivity index (χ1n) is 5.83. The number of allylic oxidation sites excluding steroid dienone is 2. The lowest BCUT2D eigenvalue weighted by Gasteiger charge is -2.08. The third-order valence-electron chi connectivity index (χ3n) is 2.39. The summed E-state index contributed by atoms with van der Waals surface area (Å²) in [6.07, 6.45) is -1.56. The van der Waals surface area contributed by atoms with E-state index >= 15 is 0 Å². The highest BCUT2D eigenvalue weighted by atomic mass is 19.4. The Morgan fingerprint density at radius 2 is 1.57 bits per heavy atom. The van der Waals surface area contributed by atoms with Crippen molar-refractivity contribution in [2.45, 2.75) is 6.18 Å². The van der Waals surface area contributed by atoms with Gasteiger partial charge >= 0.3 is 6.18 Å². The van der Waals surface area contributed by atoms with Crippen LogP contribution >= 0.6 is 0 Å². The summed E-state index contributed by atoms with van der Waals surface area (Å²) in [5.41, 5.74) is 17.3. The van der Waals surface area contributed by atoms with Crippen LogP contribution in [0.5, 0.6) is 0 Å². The molecule has 8 heteroatoms. The van der Waals surface area contributed by atoms with Crippen LogP contribution in [0.3, 0.4) is 0 Å². The van der Waals surface area contributed by atoms with Gasteiger partial charge in [0.05, 0.1) is 5.82 Å². The van der Waals surface area contributed by atoms with E-state index in [-0.39, 0.29) is 11.4 Å². The second-order valence-electron chi connectivity index (χ2n) is 4.16. The Balaban J connectivity index is 2.76. The van der Waals surface area contributed by atoms with E-state index in [1.165, 1.54) is 36.4 Å². The van der Waals surface area contributed by atoms with Gasteiger partial charge in [-0.05, 0) is 29.8 Å². The van der Waals surface area contributed by atoms with Gasteiger partial charge in [0.2, 0.25) is 0 Å². The first-order chi connectivity index (χ1) is 9.69.